The second-order valence-corrected chi connectivity index (χ2v) is 7.30. The number of piperidine rings is 1. The maximum Gasteiger partial charge on any atom is 0.393 e. The van der Waals surface area contributed by atoms with E-state index in [1.165, 1.54) is 0 Å². The van der Waals surface area contributed by atoms with E-state index in [1.807, 2.05) is 4.90 Å². The quantitative estimate of drug-likeness (QED) is 0.806. The van der Waals surface area contributed by atoms with Crippen molar-refractivity contribution in [2.45, 2.75) is 46.7 Å². The third-order valence-electron chi connectivity index (χ3n) is 3.78. The normalized spacial score (nSPS) is 22.5. The van der Waals surface area contributed by atoms with Gasteiger partial charge in [0.15, 0.2) is 0 Å². The summed E-state index contributed by atoms with van der Waals surface area (Å²) in [6.45, 7) is 12.0. The smallest absolute Gasteiger partial charge is 0.316 e. The highest BCUT2D eigenvalue weighted by atomic mass is 19.4. The zero-order valence-electron chi connectivity index (χ0n) is 13.2. The van der Waals surface area contributed by atoms with Crippen molar-refractivity contribution in [2.24, 2.45) is 17.3 Å². The Balaban J connectivity index is 2.42. The Morgan fingerprint density at radius 3 is 2.45 bits per heavy atom. The van der Waals surface area contributed by atoms with Gasteiger partial charge < -0.3 is 10.2 Å². The van der Waals surface area contributed by atoms with Gasteiger partial charge in [-0.3, -0.25) is 0 Å². The Labute approximate surface area is 121 Å². The van der Waals surface area contributed by atoms with E-state index in [0.29, 0.717) is 12.3 Å². The summed E-state index contributed by atoms with van der Waals surface area (Å²) < 4.78 is 38.4. The lowest BCUT2D eigenvalue weighted by Crippen LogP contribution is -2.47. The molecule has 1 aliphatic heterocycles. The van der Waals surface area contributed by atoms with Crippen LogP contribution in [0.25, 0.3) is 0 Å². The highest BCUT2D eigenvalue weighted by Gasteiger charge is 2.42. The molecule has 2 nitrogen and oxygen atoms in total. The lowest BCUT2D eigenvalue weighted by molar-refractivity contribution is -0.187. The van der Waals surface area contributed by atoms with Crippen molar-refractivity contribution in [3.8, 4) is 0 Å². The molecule has 0 aromatic heterocycles. The average Bonchev–Trinajstić information content (AvgIpc) is 2.26. The maximum absolute atomic E-state index is 12.8. The molecule has 5 heteroatoms. The van der Waals surface area contributed by atoms with Crippen molar-refractivity contribution in [3.63, 3.8) is 0 Å². The van der Waals surface area contributed by atoms with Gasteiger partial charge in [-0.1, -0.05) is 27.7 Å². The molecule has 1 saturated heterocycles. The minimum atomic E-state index is -4.04. The van der Waals surface area contributed by atoms with Crippen LogP contribution in [0.15, 0.2) is 0 Å². The van der Waals surface area contributed by atoms with Crippen molar-refractivity contribution in [2.75, 3.05) is 32.7 Å². The first-order chi connectivity index (χ1) is 9.10. The van der Waals surface area contributed by atoms with Crippen LogP contribution in [0.5, 0.6) is 0 Å². The molecule has 0 spiro atoms. The summed E-state index contributed by atoms with van der Waals surface area (Å²) in [5.41, 5.74) is 0.00236. The zero-order valence-corrected chi connectivity index (χ0v) is 13.2. The molecule has 1 heterocycles. The van der Waals surface area contributed by atoms with E-state index in [9.17, 15) is 13.2 Å². The number of nitrogens with one attached hydrogen (secondary N) is 1. The van der Waals surface area contributed by atoms with Crippen LogP contribution in [0.1, 0.15) is 40.5 Å². The van der Waals surface area contributed by atoms with Crippen LogP contribution in [0.2, 0.25) is 0 Å². The molecule has 0 aromatic rings. The molecule has 1 aliphatic rings. The molecule has 1 N–H and O–H groups in total. The predicted octanol–water partition coefficient (Wildman–Crippen LogP) is 3.53. The maximum atomic E-state index is 12.8. The number of rotatable bonds is 6. The van der Waals surface area contributed by atoms with Crippen molar-refractivity contribution in [1.29, 1.82) is 0 Å². The van der Waals surface area contributed by atoms with E-state index in [1.54, 1.807) is 0 Å². The van der Waals surface area contributed by atoms with Crippen molar-refractivity contribution in [1.82, 2.24) is 10.2 Å². The number of halogens is 3. The summed E-state index contributed by atoms with van der Waals surface area (Å²) in [5, 5.41) is 3.41. The molecule has 0 aromatic carbocycles. The first kappa shape index (κ1) is 17.8. The fourth-order valence-electron chi connectivity index (χ4n) is 2.83. The SMILES string of the molecule is CC(C)CNCC(C)(C)CN1CCCC(C(F)(F)F)C1. The summed E-state index contributed by atoms with van der Waals surface area (Å²) in [5.74, 6) is -0.550. The van der Waals surface area contributed by atoms with Gasteiger partial charge in [-0.15, -0.1) is 0 Å². The molecule has 0 saturated carbocycles. The van der Waals surface area contributed by atoms with Crippen LogP contribution in [0, 0.1) is 17.3 Å². The molecule has 20 heavy (non-hydrogen) atoms. The monoisotopic (exact) mass is 294 g/mol. The number of alkyl halides is 3. The number of hydrogen-bond acceptors (Lipinski definition) is 2. The minimum Gasteiger partial charge on any atom is -0.316 e. The Hall–Kier alpha value is -0.290. The molecule has 1 unspecified atom stereocenters. The summed E-state index contributed by atoms with van der Waals surface area (Å²) in [4.78, 5) is 1.98. The van der Waals surface area contributed by atoms with E-state index < -0.39 is 12.1 Å². The molecular weight excluding hydrogens is 265 g/mol. The van der Waals surface area contributed by atoms with Gasteiger partial charge in [-0.25, -0.2) is 0 Å². The highest BCUT2D eigenvalue weighted by molar-refractivity contribution is 4.83. The van der Waals surface area contributed by atoms with Crippen LogP contribution in [0.3, 0.4) is 0 Å². The summed E-state index contributed by atoms with van der Waals surface area (Å²) in [7, 11) is 0. The van der Waals surface area contributed by atoms with Crippen LogP contribution in [-0.4, -0.2) is 43.8 Å². The van der Waals surface area contributed by atoms with Crippen LogP contribution >= 0.6 is 0 Å². The van der Waals surface area contributed by atoms with E-state index in [0.717, 1.165) is 26.2 Å². The molecular formula is C15H29F3N2. The lowest BCUT2D eigenvalue weighted by Gasteiger charge is -2.38. The molecule has 0 amide bonds. The third kappa shape index (κ3) is 6.44. The second kappa shape index (κ2) is 7.12. The highest BCUT2D eigenvalue weighted by Crippen LogP contribution is 2.34. The number of hydrogen-bond donors (Lipinski definition) is 1. The van der Waals surface area contributed by atoms with Crippen molar-refractivity contribution in [3.05, 3.63) is 0 Å². The molecule has 0 radical (unpaired) electrons. The zero-order chi connectivity index (χ0) is 15.4. The number of nitrogens with zero attached hydrogens (tertiary/aromatic N) is 1. The van der Waals surface area contributed by atoms with Crippen molar-refractivity contribution >= 4 is 0 Å². The average molecular weight is 294 g/mol. The van der Waals surface area contributed by atoms with Gasteiger partial charge in [-0.05, 0) is 37.3 Å². The fraction of sp³-hybridized carbons (Fsp3) is 1.00. The van der Waals surface area contributed by atoms with Crippen molar-refractivity contribution < 1.29 is 13.2 Å². The standard InChI is InChI=1S/C15H29F3N2/c1-12(2)8-19-10-14(3,4)11-20-7-5-6-13(9-20)15(16,17)18/h12-13,19H,5-11H2,1-4H3. The van der Waals surface area contributed by atoms with Gasteiger partial charge in [0.05, 0.1) is 5.92 Å². The Kier molecular flexibility index (Phi) is 6.32. The van der Waals surface area contributed by atoms with E-state index in [4.69, 9.17) is 0 Å². The summed E-state index contributed by atoms with van der Waals surface area (Å²) in [6.07, 6.45) is -3.11. The van der Waals surface area contributed by atoms with Gasteiger partial charge in [0.25, 0.3) is 0 Å². The van der Waals surface area contributed by atoms with E-state index >= 15 is 0 Å². The summed E-state index contributed by atoms with van der Waals surface area (Å²) >= 11 is 0. The first-order valence-electron chi connectivity index (χ1n) is 7.60. The van der Waals surface area contributed by atoms with Gasteiger partial charge in [0.1, 0.15) is 0 Å². The van der Waals surface area contributed by atoms with Gasteiger partial charge >= 0.3 is 6.18 Å². The van der Waals surface area contributed by atoms with Gasteiger partial charge in [0, 0.05) is 19.6 Å². The first-order valence-corrected chi connectivity index (χ1v) is 7.60. The molecule has 120 valence electrons. The lowest BCUT2D eigenvalue weighted by atomic mass is 9.89. The fourth-order valence-corrected chi connectivity index (χ4v) is 2.83. The van der Waals surface area contributed by atoms with Crippen LogP contribution < -0.4 is 5.32 Å². The largest absolute Gasteiger partial charge is 0.393 e. The topological polar surface area (TPSA) is 15.3 Å². The molecule has 1 atom stereocenters. The number of likely N-dealkylation sites (tertiary alicyclic amines) is 1. The molecule has 0 bridgehead atoms. The molecule has 0 aliphatic carbocycles. The van der Waals surface area contributed by atoms with E-state index in [-0.39, 0.29) is 18.4 Å². The Morgan fingerprint density at radius 2 is 1.90 bits per heavy atom. The Morgan fingerprint density at radius 1 is 1.25 bits per heavy atom. The van der Waals surface area contributed by atoms with Gasteiger partial charge in [-0.2, -0.15) is 13.2 Å². The van der Waals surface area contributed by atoms with Gasteiger partial charge in [0.2, 0.25) is 0 Å². The molecule has 1 rings (SSSR count). The van der Waals surface area contributed by atoms with Crippen LogP contribution in [-0.2, 0) is 0 Å². The second-order valence-electron chi connectivity index (χ2n) is 7.30. The minimum absolute atomic E-state index is 0.00236. The summed E-state index contributed by atoms with van der Waals surface area (Å²) in [6, 6.07) is 0. The Bertz CT molecular complexity index is 287. The predicted molar refractivity (Wildman–Crippen MR) is 76.7 cm³/mol. The molecule has 1 fully saturated rings. The van der Waals surface area contributed by atoms with Crippen LogP contribution in [0.4, 0.5) is 13.2 Å². The third-order valence-corrected chi connectivity index (χ3v) is 3.78. The van der Waals surface area contributed by atoms with E-state index in [2.05, 4.69) is 33.0 Å².